The predicted octanol–water partition coefficient (Wildman–Crippen LogP) is 2.60. The molecule has 0 radical (unpaired) electrons. The van der Waals surface area contributed by atoms with Crippen LogP contribution in [0, 0.1) is 6.92 Å². The maximum Gasteiger partial charge on any atom is 0.422 e. The Morgan fingerprint density at radius 3 is 2.17 bits per heavy atom. The van der Waals surface area contributed by atoms with Crippen LogP contribution in [0.4, 0.5) is 17.6 Å². The van der Waals surface area contributed by atoms with Gasteiger partial charge in [0.25, 0.3) is 10.1 Å². The molecule has 0 aliphatic rings. The van der Waals surface area contributed by atoms with Gasteiger partial charge in [-0.2, -0.15) is 21.6 Å². The highest BCUT2D eigenvalue weighted by Gasteiger charge is 2.41. The Labute approximate surface area is 102 Å². The number of hydrogen-bond donors (Lipinski definition) is 0. The summed E-state index contributed by atoms with van der Waals surface area (Å²) >= 11 is 0. The summed E-state index contributed by atoms with van der Waals surface area (Å²) in [4.78, 5) is -0.317. The van der Waals surface area contributed by atoms with Gasteiger partial charge in [0.15, 0.2) is 0 Å². The Balaban J connectivity index is 2.75. The third kappa shape index (κ3) is 3.95. The summed E-state index contributed by atoms with van der Waals surface area (Å²) in [7, 11) is -4.37. The van der Waals surface area contributed by atoms with Crippen molar-refractivity contribution in [1.29, 1.82) is 0 Å². The molecular formula is C10H10F4O3S. The number of hydrogen-bond acceptors (Lipinski definition) is 3. The van der Waals surface area contributed by atoms with Crippen molar-refractivity contribution in [2.24, 2.45) is 0 Å². The van der Waals surface area contributed by atoms with E-state index in [-0.39, 0.29) is 4.90 Å². The SMILES string of the molecule is Cc1ccc(S(=O)(=O)OCC(F)C(F)(F)F)cc1. The molecule has 0 aliphatic heterocycles. The standard InChI is InChI=1S/C10H10F4O3S/c1-7-2-4-8(5-3-7)18(15,16)17-6-9(11)10(12,13)14/h2-5,9H,6H2,1H3. The minimum absolute atomic E-state index is 0.317. The largest absolute Gasteiger partial charge is 0.422 e. The third-order valence-corrected chi connectivity index (χ3v) is 3.33. The van der Waals surface area contributed by atoms with Gasteiger partial charge >= 0.3 is 6.18 Å². The van der Waals surface area contributed by atoms with Gasteiger partial charge in [0.05, 0.1) is 4.90 Å². The van der Waals surface area contributed by atoms with Gasteiger partial charge in [0.2, 0.25) is 6.17 Å². The number of rotatable bonds is 4. The van der Waals surface area contributed by atoms with Gasteiger partial charge in [-0.25, -0.2) is 4.39 Å². The van der Waals surface area contributed by atoms with Gasteiger partial charge in [-0.15, -0.1) is 0 Å². The average Bonchev–Trinajstić information content (AvgIpc) is 2.25. The molecule has 0 saturated heterocycles. The Bertz CT molecular complexity index is 493. The van der Waals surface area contributed by atoms with Crippen LogP contribution in [0.5, 0.6) is 0 Å². The molecule has 0 heterocycles. The molecule has 1 unspecified atom stereocenters. The normalized spacial score (nSPS) is 14.5. The van der Waals surface area contributed by atoms with Crippen LogP contribution in [0.1, 0.15) is 5.56 Å². The lowest BCUT2D eigenvalue weighted by Gasteiger charge is -2.12. The van der Waals surface area contributed by atoms with E-state index >= 15 is 0 Å². The lowest BCUT2D eigenvalue weighted by Crippen LogP contribution is -2.30. The zero-order valence-electron chi connectivity index (χ0n) is 9.24. The van der Waals surface area contributed by atoms with Crippen molar-refractivity contribution in [3.63, 3.8) is 0 Å². The number of aryl methyl sites for hydroxylation is 1. The maximum atomic E-state index is 12.5. The Morgan fingerprint density at radius 1 is 1.22 bits per heavy atom. The fraction of sp³-hybridized carbons (Fsp3) is 0.400. The summed E-state index contributed by atoms with van der Waals surface area (Å²) in [5.41, 5.74) is 0.771. The molecule has 0 aliphatic carbocycles. The molecule has 3 nitrogen and oxygen atoms in total. The van der Waals surface area contributed by atoms with E-state index in [0.29, 0.717) is 0 Å². The van der Waals surface area contributed by atoms with E-state index in [1.165, 1.54) is 24.3 Å². The van der Waals surface area contributed by atoms with Gasteiger partial charge in [0.1, 0.15) is 6.61 Å². The summed E-state index contributed by atoms with van der Waals surface area (Å²) in [5, 5.41) is 0. The van der Waals surface area contributed by atoms with E-state index in [2.05, 4.69) is 4.18 Å². The van der Waals surface area contributed by atoms with Crippen molar-refractivity contribution in [3.8, 4) is 0 Å². The molecule has 1 rings (SSSR count). The van der Waals surface area contributed by atoms with Crippen LogP contribution in [-0.4, -0.2) is 27.4 Å². The Morgan fingerprint density at radius 2 is 1.72 bits per heavy atom. The molecular weight excluding hydrogens is 276 g/mol. The van der Waals surface area contributed by atoms with Crippen molar-refractivity contribution < 1.29 is 30.2 Å². The smallest absolute Gasteiger partial charge is 0.263 e. The van der Waals surface area contributed by atoms with Crippen LogP contribution >= 0.6 is 0 Å². The highest BCUT2D eigenvalue weighted by atomic mass is 32.2. The van der Waals surface area contributed by atoms with Gasteiger partial charge in [-0.3, -0.25) is 4.18 Å². The quantitative estimate of drug-likeness (QED) is 0.631. The second kappa shape index (κ2) is 5.23. The molecule has 0 amide bonds. The molecule has 8 heteroatoms. The highest BCUT2D eigenvalue weighted by molar-refractivity contribution is 7.86. The Kier molecular flexibility index (Phi) is 4.33. The first kappa shape index (κ1) is 14.9. The first-order valence-corrected chi connectivity index (χ1v) is 6.20. The van der Waals surface area contributed by atoms with E-state index in [9.17, 15) is 26.0 Å². The van der Waals surface area contributed by atoms with Gasteiger partial charge in [-0.05, 0) is 19.1 Å². The molecule has 102 valence electrons. The van der Waals surface area contributed by atoms with Crippen LogP contribution in [-0.2, 0) is 14.3 Å². The topological polar surface area (TPSA) is 43.4 Å². The van der Waals surface area contributed by atoms with Crippen molar-refractivity contribution >= 4 is 10.1 Å². The first-order valence-electron chi connectivity index (χ1n) is 4.80. The maximum absolute atomic E-state index is 12.5. The molecule has 0 saturated carbocycles. The molecule has 1 aromatic carbocycles. The van der Waals surface area contributed by atoms with Crippen LogP contribution in [0.25, 0.3) is 0 Å². The van der Waals surface area contributed by atoms with E-state index in [0.717, 1.165) is 5.56 Å². The average molecular weight is 286 g/mol. The van der Waals surface area contributed by atoms with Crippen LogP contribution < -0.4 is 0 Å². The summed E-state index contributed by atoms with van der Waals surface area (Å²) < 4.78 is 74.9. The molecule has 1 atom stereocenters. The van der Waals surface area contributed by atoms with Crippen molar-refractivity contribution in [1.82, 2.24) is 0 Å². The molecule has 0 N–H and O–H groups in total. The fourth-order valence-corrected chi connectivity index (χ4v) is 1.92. The van der Waals surface area contributed by atoms with Crippen molar-refractivity contribution in [3.05, 3.63) is 29.8 Å². The highest BCUT2D eigenvalue weighted by Crippen LogP contribution is 2.24. The third-order valence-electron chi connectivity index (χ3n) is 2.03. The summed E-state index contributed by atoms with van der Waals surface area (Å²) in [6, 6.07) is 5.25. The van der Waals surface area contributed by atoms with Gasteiger partial charge < -0.3 is 0 Å². The minimum atomic E-state index is -5.14. The van der Waals surface area contributed by atoms with E-state index in [1.807, 2.05) is 0 Å². The molecule has 18 heavy (non-hydrogen) atoms. The minimum Gasteiger partial charge on any atom is -0.263 e. The number of alkyl halides is 4. The first-order chi connectivity index (χ1) is 8.13. The van der Waals surface area contributed by atoms with E-state index in [4.69, 9.17) is 0 Å². The number of benzene rings is 1. The van der Waals surface area contributed by atoms with Crippen molar-refractivity contribution in [2.45, 2.75) is 24.2 Å². The molecule has 0 spiro atoms. The van der Waals surface area contributed by atoms with Crippen LogP contribution in [0.2, 0.25) is 0 Å². The molecule has 0 fully saturated rings. The van der Waals surface area contributed by atoms with E-state index < -0.39 is 29.1 Å². The zero-order chi connectivity index (χ0) is 14.0. The molecule has 0 aromatic heterocycles. The summed E-state index contributed by atoms with van der Waals surface area (Å²) in [6.45, 7) is 0.123. The van der Waals surface area contributed by atoms with E-state index in [1.54, 1.807) is 6.92 Å². The fourth-order valence-electron chi connectivity index (χ4n) is 1.02. The number of halogens is 4. The zero-order valence-corrected chi connectivity index (χ0v) is 10.1. The molecule has 1 aromatic rings. The van der Waals surface area contributed by atoms with Crippen molar-refractivity contribution in [2.75, 3.05) is 6.61 Å². The predicted molar refractivity (Wildman–Crippen MR) is 55.3 cm³/mol. The lowest BCUT2D eigenvalue weighted by atomic mass is 10.2. The van der Waals surface area contributed by atoms with Crippen LogP contribution in [0.15, 0.2) is 29.2 Å². The molecule has 0 bridgehead atoms. The lowest BCUT2D eigenvalue weighted by molar-refractivity contribution is -0.186. The van der Waals surface area contributed by atoms with Gasteiger partial charge in [-0.1, -0.05) is 17.7 Å². The van der Waals surface area contributed by atoms with Gasteiger partial charge in [0, 0.05) is 0 Å². The monoisotopic (exact) mass is 286 g/mol. The second-order valence-corrected chi connectivity index (χ2v) is 5.18. The Hall–Kier alpha value is -1.15. The van der Waals surface area contributed by atoms with Crippen LogP contribution in [0.3, 0.4) is 0 Å². The summed E-state index contributed by atoms with van der Waals surface area (Å²) in [6.07, 6.45) is -8.47. The summed E-state index contributed by atoms with van der Waals surface area (Å²) in [5.74, 6) is 0. The second-order valence-electron chi connectivity index (χ2n) is 3.56.